The van der Waals surface area contributed by atoms with E-state index in [1.807, 2.05) is 28.0 Å². The van der Waals surface area contributed by atoms with E-state index in [1.165, 1.54) is 11.6 Å². The van der Waals surface area contributed by atoms with Crippen molar-refractivity contribution in [1.82, 2.24) is 14.8 Å². The molecule has 31 heavy (non-hydrogen) atoms. The van der Waals surface area contributed by atoms with Gasteiger partial charge in [-0.3, -0.25) is 14.6 Å². The Morgan fingerprint density at radius 3 is 2.58 bits per heavy atom. The maximum absolute atomic E-state index is 13.1. The van der Waals surface area contributed by atoms with Gasteiger partial charge < -0.3 is 14.5 Å². The van der Waals surface area contributed by atoms with Crippen molar-refractivity contribution in [2.45, 2.75) is 37.1 Å². The topological polar surface area (TPSA) is 62.7 Å². The predicted octanol–water partition coefficient (Wildman–Crippen LogP) is 2.79. The van der Waals surface area contributed by atoms with Gasteiger partial charge in [-0.1, -0.05) is 30.3 Å². The Balaban J connectivity index is 1.51. The minimum absolute atomic E-state index is 0.0158. The van der Waals surface area contributed by atoms with Gasteiger partial charge in [0.25, 0.3) is 0 Å². The quantitative estimate of drug-likeness (QED) is 0.714. The summed E-state index contributed by atoms with van der Waals surface area (Å²) in [5.74, 6) is -0.168. The maximum atomic E-state index is 13.1. The Hall–Kier alpha value is -2.80. The molecule has 2 fully saturated rings. The van der Waals surface area contributed by atoms with Crippen molar-refractivity contribution in [3.05, 3.63) is 65.7 Å². The molecule has 0 N–H and O–H groups in total. The number of hydrogen-bond donors (Lipinski definition) is 0. The summed E-state index contributed by atoms with van der Waals surface area (Å²) in [6.45, 7) is 2.22. The van der Waals surface area contributed by atoms with Crippen LogP contribution in [-0.4, -0.2) is 65.5 Å². The van der Waals surface area contributed by atoms with E-state index in [4.69, 9.17) is 4.74 Å². The van der Waals surface area contributed by atoms with E-state index in [0.717, 1.165) is 19.0 Å². The second-order valence-electron chi connectivity index (χ2n) is 8.33. The van der Waals surface area contributed by atoms with Gasteiger partial charge in [0.1, 0.15) is 5.82 Å². The number of pyridine rings is 1. The van der Waals surface area contributed by atoms with E-state index in [0.29, 0.717) is 38.4 Å². The van der Waals surface area contributed by atoms with Crippen molar-refractivity contribution >= 4 is 11.8 Å². The van der Waals surface area contributed by atoms with Crippen LogP contribution in [0.15, 0.2) is 48.7 Å². The third-order valence-electron chi connectivity index (χ3n) is 6.69. The van der Waals surface area contributed by atoms with Gasteiger partial charge in [-0.15, -0.1) is 0 Å². The number of ether oxygens (including phenoxy) is 1. The molecule has 4 rings (SSSR count). The molecular weight excluding hydrogens is 397 g/mol. The number of halogens is 1. The smallest absolute Gasteiger partial charge is 0.228 e. The van der Waals surface area contributed by atoms with Crippen molar-refractivity contribution in [2.75, 3.05) is 33.4 Å². The fraction of sp³-hybridized carbons (Fsp3) is 0.458. The van der Waals surface area contributed by atoms with Crippen LogP contribution >= 0.6 is 0 Å². The normalized spacial score (nSPS) is 20.5. The largest absolute Gasteiger partial charge is 0.383 e. The fourth-order valence-electron chi connectivity index (χ4n) is 5.09. The van der Waals surface area contributed by atoms with Crippen molar-refractivity contribution in [2.24, 2.45) is 0 Å². The molecule has 0 aliphatic carbocycles. The van der Waals surface area contributed by atoms with Crippen LogP contribution in [0.5, 0.6) is 0 Å². The molecule has 0 saturated carbocycles. The first-order valence-corrected chi connectivity index (χ1v) is 10.8. The third-order valence-corrected chi connectivity index (χ3v) is 6.69. The average molecular weight is 426 g/mol. The van der Waals surface area contributed by atoms with Crippen LogP contribution in [0, 0.1) is 5.82 Å². The number of carbonyl (C=O) groups excluding carboxylic acids is 2. The SMILES string of the molecule is COCCN1C(=O)C[C@H](c2ccccc2)C12CCN(C(=O)Cc1ccc(F)cn1)CC2. The number of aromatic nitrogens is 1. The molecule has 1 aromatic heterocycles. The standard InChI is InChI=1S/C24H28FN3O3/c1-31-14-13-28-23(30)16-21(18-5-3-2-4-6-18)24(28)9-11-27(12-10-24)22(29)15-20-8-7-19(25)17-26-20/h2-8,17,21H,9-16H2,1H3/t21-/m1/s1. The number of rotatable bonds is 6. The number of nitrogens with zero attached hydrogens (tertiary/aromatic N) is 3. The number of methoxy groups -OCH3 is 1. The van der Waals surface area contributed by atoms with Crippen LogP contribution in [0.3, 0.4) is 0 Å². The molecule has 1 spiro atoms. The highest BCUT2D eigenvalue weighted by Crippen LogP contribution is 2.48. The van der Waals surface area contributed by atoms with Crippen LogP contribution in [0.1, 0.15) is 36.4 Å². The molecule has 1 atom stereocenters. The number of likely N-dealkylation sites (tertiary alicyclic amines) is 2. The summed E-state index contributed by atoms with van der Waals surface area (Å²) in [4.78, 5) is 33.6. The van der Waals surface area contributed by atoms with Gasteiger partial charge in [0.2, 0.25) is 11.8 Å². The van der Waals surface area contributed by atoms with E-state index in [9.17, 15) is 14.0 Å². The molecule has 2 aromatic rings. The molecule has 2 aliphatic rings. The van der Waals surface area contributed by atoms with Gasteiger partial charge in [-0.2, -0.15) is 0 Å². The van der Waals surface area contributed by atoms with E-state index in [-0.39, 0.29) is 29.7 Å². The molecule has 6 nitrogen and oxygen atoms in total. The van der Waals surface area contributed by atoms with Crippen molar-refractivity contribution in [3.8, 4) is 0 Å². The predicted molar refractivity (Wildman–Crippen MR) is 114 cm³/mol. The average Bonchev–Trinajstić information content (AvgIpc) is 3.05. The first-order chi connectivity index (χ1) is 15.0. The number of benzene rings is 1. The lowest BCUT2D eigenvalue weighted by Crippen LogP contribution is -2.57. The van der Waals surface area contributed by atoms with Gasteiger partial charge >= 0.3 is 0 Å². The minimum atomic E-state index is -0.412. The zero-order chi connectivity index (χ0) is 21.8. The second kappa shape index (κ2) is 9.14. The Morgan fingerprint density at radius 2 is 1.94 bits per heavy atom. The Morgan fingerprint density at radius 1 is 1.19 bits per heavy atom. The molecular formula is C24H28FN3O3. The van der Waals surface area contributed by atoms with E-state index in [2.05, 4.69) is 17.1 Å². The van der Waals surface area contributed by atoms with Gasteiger partial charge in [0.05, 0.1) is 24.8 Å². The number of hydrogen-bond acceptors (Lipinski definition) is 4. The lowest BCUT2D eigenvalue weighted by Gasteiger charge is -2.48. The zero-order valence-corrected chi connectivity index (χ0v) is 17.8. The lowest BCUT2D eigenvalue weighted by molar-refractivity contribution is -0.137. The van der Waals surface area contributed by atoms with Crippen LogP contribution < -0.4 is 0 Å². The third kappa shape index (κ3) is 4.32. The molecule has 0 unspecified atom stereocenters. The van der Waals surface area contributed by atoms with Crippen molar-refractivity contribution in [1.29, 1.82) is 0 Å². The molecule has 164 valence electrons. The molecule has 3 heterocycles. The maximum Gasteiger partial charge on any atom is 0.228 e. The number of piperidine rings is 1. The monoisotopic (exact) mass is 425 g/mol. The van der Waals surface area contributed by atoms with Gasteiger partial charge in [-0.25, -0.2) is 4.39 Å². The van der Waals surface area contributed by atoms with Gasteiger partial charge in [0, 0.05) is 44.8 Å². The summed E-state index contributed by atoms with van der Waals surface area (Å²) in [6, 6.07) is 13.1. The highest BCUT2D eigenvalue weighted by Gasteiger charge is 2.54. The molecule has 2 saturated heterocycles. The first-order valence-electron chi connectivity index (χ1n) is 10.8. The van der Waals surface area contributed by atoms with Crippen molar-refractivity contribution in [3.63, 3.8) is 0 Å². The molecule has 7 heteroatoms. The highest BCUT2D eigenvalue weighted by molar-refractivity contribution is 5.82. The molecule has 2 aliphatic heterocycles. The molecule has 0 bridgehead atoms. The first kappa shape index (κ1) is 21.4. The Kier molecular flexibility index (Phi) is 6.32. The number of amides is 2. The summed E-state index contributed by atoms with van der Waals surface area (Å²) < 4.78 is 18.4. The van der Waals surface area contributed by atoms with Crippen molar-refractivity contribution < 1.29 is 18.7 Å². The summed E-state index contributed by atoms with van der Waals surface area (Å²) in [6.07, 6.45) is 3.23. The van der Waals surface area contributed by atoms with Crippen LogP contribution in [-0.2, 0) is 20.7 Å². The van der Waals surface area contributed by atoms with Gasteiger partial charge in [-0.05, 0) is 30.5 Å². The zero-order valence-electron chi connectivity index (χ0n) is 17.8. The minimum Gasteiger partial charge on any atom is -0.383 e. The highest BCUT2D eigenvalue weighted by atomic mass is 19.1. The van der Waals surface area contributed by atoms with E-state index >= 15 is 0 Å². The summed E-state index contributed by atoms with van der Waals surface area (Å²) in [7, 11) is 1.65. The van der Waals surface area contributed by atoms with E-state index < -0.39 is 5.82 Å². The van der Waals surface area contributed by atoms with Gasteiger partial charge in [0.15, 0.2) is 0 Å². The van der Waals surface area contributed by atoms with Crippen LogP contribution in [0.25, 0.3) is 0 Å². The summed E-state index contributed by atoms with van der Waals surface area (Å²) in [5, 5.41) is 0. The Bertz CT molecular complexity index is 911. The lowest BCUT2D eigenvalue weighted by atomic mass is 9.73. The summed E-state index contributed by atoms with van der Waals surface area (Å²) in [5.41, 5.74) is 1.43. The molecule has 1 aromatic carbocycles. The van der Waals surface area contributed by atoms with Crippen LogP contribution in [0.2, 0.25) is 0 Å². The molecule has 0 radical (unpaired) electrons. The molecule has 2 amide bonds. The fourth-order valence-corrected chi connectivity index (χ4v) is 5.09. The second-order valence-corrected chi connectivity index (χ2v) is 8.33. The van der Waals surface area contributed by atoms with E-state index in [1.54, 1.807) is 13.2 Å². The Labute approximate surface area is 182 Å². The van der Waals surface area contributed by atoms with Crippen LogP contribution in [0.4, 0.5) is 4.39 Å². The number of carbonyl (C=O) groups is 2. The summed E-state index contributed by atoms with van der Waals surface area (Å²) >= 11 is 0.